The second-order valence-electron chi connectivity index (χ2n) is 9.01. The van der Waals surface area contributed by atoms with E-state index in [1.54, 1.807) is 49.9 Å². The van der Waals surface area contributed by atoms with Crippen LogP contribution in [0.2, 0.25) is 0 Å². The highest BCUT2D eigenvalue weighted by atomic mass is 16.6. The van der Waals surface area contributed by atoms with Crippen molar-refractivity contribution < 1.29 is 19.1 Å². The number of carbonyl (C=O) groups excluding carboxylic acids is 2. The normalized spacial score (nSPS) is 21.4. The molecule has 2 aliphatic rings. The Labute approximate surface area is 175 Å². The highest BCUT2D eigenvalue weighted by molar-refractivity contribution is 6.00. The number of carbonyl (C=O) groups is 2. The Kier molecular flexibility index (Phi) is 4.79. The van der Waals surface area contributed by atoms with Crippen molar-refractivity contribution in [1.82, 2.24) is 20.0 Å². The number of pyridine rings is 1. The van der Waals surface area contributed by atoms with E-state index in [4.69, 9.17) is 9.47 Å². The zero-order valence-electron chi connectivity index (χ0n) is 18.2. The minimum Gasteiger partial charge on any atom is -0.493 e. The molecule has 2 aromatic heterocycles. The number of amides is 1. The smallest absolute Gasteiger partial charge is 0.361 e. The average Bonchev–Trinajstić information content (AvgIpc) is 3.12. The Morgan fingerprint density at radius 2 is 2.07 bits per heavy atom. The van der Waals surface area contributed by atoms with E-state index >= 15 is 0 Å². The predicted molar refractivity (Wildman–Crippen MR) is 108 cm³/mol. The highest BCUT2D eigenvalue weighted by Crippen LogP contribution is 2.49. The van der Waals surface area contributed by atoms with Crippen molar-refractivity contribution in [3.05, 3.63) is 29.2 Å². The zero-order valence-corrected chi connectivity index (χ0v) is 18.2. The average molecular weight is 413 g/mol. The molecule has 1 aliphatic heterocycles. The molecule has 0 spiro atoms. The van der Waals surface area contributed by atoms with Crippen molar-refractivity contribution in [2.45, 2.75) is 52.7 Å². The fourth-order valence-electron chi connectivity index (χ4n) is 3.94. The van der Waals surface area contributed by atoms with Crippen LogP contribution in [-0.2, 0) is 9.53 Å². The summed E-state index contributed by atoms with van der Waals surface area (Å²) in [5.41, 5.74) is 1.28. The molecule has 0 N–H and O–H groups in total. The lowest BCUT2D eigenvalue weighted by atomic mass is 10.0. The molecule has 0 bridgehead atoms. The van der Waals surface area contributed by atoms with E-state index in [9.17, 15) is 9.59 Å². The lowest BCUT2D eigenvalue weighted by Gasteiger charge is -2.23. The molecular formula is C21H27N5O4. The molecule has 1 saturated heterocycles. The van der Waals surface area contributed by atoms with Gasteiger partial charge in [0.15, 0.2) is 17.3 Å². The van der Waals surface area contributed by atoms with Crippen LogP contribution in [0.5, 0.6) is 5.75 Å². The van der Waals surface area contributed by atoms with Crippen molar-refractivity contribution in [2.24, 2.45) is 11.8 Å². The monoisotopic (exact) mass is 413 g/mol. The summed E-state index contributed by atoms with van der Waals surface area (Å²) in [6.07, 6.45) is 4.29. The van der Waals surface area contributed by atoms with Crippen molar-refractivity contribution in [3.8, 4) is 5.75 Å². The predicted octanol–water partition coefficient (Wildman–Crippen LogP) is 2.54. The van der Waals surface area contributed by atoms with Gasteiger partial charge in [-0.3, -0.25) is 9.69 Å². The number of hydrogen-bond acceptors (Lipinski definition) is 7. The van der Waals surface area contributed by atoms with Crippen molar-refractivity contribution in [3.63, 3.8) is 0 Å². The number of nitrogens with zero attached hydrogens (tertiary/aromatic N) is 5. The number of rotatable bonds is 5. The summed E-state index contributed by atoms with van der Waals surface area (Å²) in [7, 11) is 1.58. The van der Waals surface area contributed by atoms with Crippen molar-refractivity contribution in [1.29, 1.82) is 0 Å². The number of anilines is 1. The van der Waals surface area contributed by atoms with E-state index in [1.165, 1.54) is 0 Å². The molecule has 1 aliphatic carbocycles. The molecule has 2 fully saturated rings. The third-order valence-electron chi connectivity index (χ3n) is 5.65. The molecular weight excluding hydrogens is 386 g/mol. The number of aromatic nitrogens is 4. The van der Waals surface area contributed by atoms with Gasteiger partial charge in [-0.25, -0.2) is 14.5 Å². The lowest BCUT2D eigenvalue weighted by molar-refractivity contribution is -0.118. The Hall–Kier alpha value is -2.97. The SMILES string of the molecule is COc1c(N2C[C@H]3C[C@H]3C2=O)ncc(C(C)n2cc(C(=O)OC(C)(C)C)nn2)c1C. The van der Waals surface area contributed by atoms with E-state index < -0.39 is 11.6 Å². The number of fused-ring (bicyclic) bond motifs is 1. The van der Waals surface area contributed by atoms with Crippen LogP contribution in [0.15, 0.2) is 12.4 Å². The largest absolute Gasteiger partial charge is 0.493 e. The molecule has 0 aromatic carbocycles. The number of piperidine rings is 1. The molecule has 4 rings (SSSR count). The molecule has 1 amide bonds. The first-order valence-electron chi connectivity index (χ1n) is 10.1. The molecule has 30 heavy (non-hydrogen) atoms. The molecule has 0 radical (unpaired) electrons. The molecule has 1 unspecified atom stereocenters. The maximum atomic E-state index is 12.5. The highest BCUT2D eigenvalue weighted by Gasteiger charge is 2.53. The van der Waals surface area contributed by atoms with Crippen LogP contribution in [0.3, 0.4) is 0 Å². The number of methoxy groups -OCH3 is 1. The second kappa shape index (κ2) is 7.07. The van der Waals surface area contributed by atoms with Crippen LogP contribution >= 0.6 is 0 Å². The Balaban J connectivity index is 1.60. The van der Waals surface area contributed by atoms with Crippen molar-refractivity contribution >= 4 is 17.7 Å². The first-order chi connectivity index (χ1) is 14.1. The van der Waals surface area contributed by atoms with Crippen LogP contribution in [-0.4, -0.2) is 51.1 Å². The van der Waals surface area contributed by atoms with Gasteiger partial charge in [-0.2, -0.15) is 0 Å². The minimum atomic E-state index is -0.607. The second-order valence-corrected chi connectivity index (χ2v) is 9.01. The summed E-state index contributed by atoms with van der Waals surface area (Å²) in [5.74, 6) is 1.36. The van der Waals surface area contributed by atoms with Gasteiger partial charge < -0.3 is 9.47 Å². The number of ether oxygens (including phenoxy) is 2. The van der Waals surface area contributed by atoms with Gasteiger partial charge in [0.1, 0.15) is 5.60 Å². The third-order valence-corrected chi connectivity index (χ3v) is 5.65. The molecule has 9 nitrogen and oxygen atoms in total. The summed E-state index contributed by atoms with van der Waals surface area (Å²) in [6.45, 7) is 9.97. The first kappa shape index (κ1) is 20.3. The van der Waals surface area contributed by atoms with Gasteiger partial charge in [-0.05, 0) is 47.0 Å². The summed E-state index contributed by atoms with van der Waals surface area (Å²) in [5, 5.41) is 8.06. The zero-order chi connectivity index (χ0) is 21.8. The van der Waals surface area contributed by atoms with Crippen LogP contribution in [0.25, 0.3) is 0 Å². The molecule has 3 heterocycles. The molecule has 2 aromatic rings. The van der Waals surface area contributed by atoms with Crippen LogP contribution < -0.4 is 9.64 Å². The van der Waals surface area contributed by atoms with Crippen LogP contribution in [0, 0.1) is 18.8 Å². The number of esters is 1. The molecule has 1 saturated carbocycles. The maximum absolute atomic E-state index is 12.5. The van der Waals surface area contributed by atoms with Crippen molar-refractivity contribution in [2.75, 3.05) is 18.6 Å². The molecule has 3 atom stereocenters. The van der Waals surface area contributed by atoms with Crippen LogP contribution in [0.1, 0.15) is 61.8 Å². The molecule has 9 heteroatoms. The standard InChI is InChI=1S/C21H27N5O4/c1-11-15(12(2)26-10-16(23-24-26)20(28)30-21(3,4)5)8-22-18(17(11)29-6)25-9-13-7-14(13)19(25)27/h8,10,12-14H,7,9H2,1-6H3/t12?,13-,14-/m1/s1. The van der Waals surface area contributed by atoms with E-state index in [0.29, 0.717) is 24.0 Å². The third kappa shape index (κ3) is 3.53. The van der Waals surface area contributed by atoms with E-state index in [2.05, 4.69) is 15.3 Å². The van der Waals surface area contributed by atoms with Gasteiger partial charge in [0, 0.05) is 29.8 Å². The first-order valence-corrected chi connectivity index (χ1v) is 10.1. The Bertz CT molecular complexity index is 1010. The minimum absolute atomic E-state index is 0.129. The summed E-state index contributed by atoms with van der Waals surface area (Å²) >= 11 is 0. The van der Waals surface area contributed by atoms with Gasteiger partial charge in [-0.15, -0.1) is 5.10 Å². The van der Waals surface area contributed by atoms with Gasteiger partial charge >= 0.3 is 5.97 Å². The summed E-state index contributed by atoms with van der Waals surface area (Å²) < 4.78 is 12.6. The number of hydrogen-bond donors (Lipinski definition) is 0. The topological polar surface area (TPSA) is 99.4 Å². The fourth-order valence-corrected chi connectivity index (χ4v) is 3.94. The fraction of sp³-hybridized carbons (Fsp3) is 0.571. The summed E-state index contributed by atoms with van der Waals surface area (Å²) in [6, 6.07) is -0.244. The summed E-state index contributed by atoms with van der Waals surface area (Å²) in [4.78, 5) is 31.0. The van der Waals surface area contributed by atoms with E-state index in [-0.39, 0.29) is 23.6 Å². The Morgan fingerprint density at radius 1 is 1.33 bits per heavy atom. The lowest BCUT2D eigenvalue weighted by Crippen LogP contribution is -2.29. The van der Waals surface area contributed by atoms with E-state index in [0.717, 1.165) is 17.5 Å². The quantitative estimate of drug-likeness (QED) is 0.695. The Morgan fingerprint density at radius 3 is 2.67 bits per heavy atom. The molecule has 160 valence electrons. The van der Waals surface area contributed by atoms with Crippen LogP contribution in [0.4, 0.5) is 5.82 Å². The van der Waals surface area contributed by atoms with Gasteiger partial charge in [-0.1, -0.05) is 5.21 Å². The van der Waals surface area contributed by atoms with E-state index in [1.807, 2.05) is 13.8 Å². The van der Waals surface area contributed by atoms with Gasteiger partial charge in [0.05, 0.1) is 19.3 Å². The van der Waals surface area contributed by atoms with Gasteiger partial charge in [0.2, 0.25) is 5.91 Å². The maximum Gasteiger partial charge on any atom is 0.361 e. The van der Waals surface area contributed by atoms with Gasteiger partial charge in [0.25, 0.3) is 0 Å².